The fourth-order valence-corrected chi connectivity index (χ4v) is 1.88. The van der Waals surface area contributed by atoms with E-state index in [-0.39, 0.29) is 24.9 Å². The van der Waals surface area contributed by atoms with Gasteiger partial charge in [0.2, 0.25) is 5.91 Å². The fraction of sp³-hybridized carbons (Fsp3) is 0.333. The zero-order chi connectivity index (χ0) is 16.5. The first-order valence-corrected chi connectivity index (χ1v) is 7.32. The van der Waals surface area contributed by atoms with E-state index >= 15 is 0 Å². The summed E-state index contributed by atoms with van der Waals surface area (Å²) in [7, 11) is 0. The normalized spacial score (nSPS) is 10.1. The third-order valence-corrected chi connectivity index (χ3v) is 2.91. The summed E-state index contributed by atoms with van der Waals surface area (Å²) in [6, 6.07) is 9.89. The van der Waals surface area contributed by atoms with Crippen LogP contribution in [0.15, 0.2) is 36.5 Å². The van der Waals surface area contributed by atoms with Crippen LogP contribution in [0.2, 0.25) is 0 Å². The van der Waals surface area contributed by atoms with Gasteiger partial charge in [-0.05, 0) is 18.9 Å². The van der Waals surface area contributed by atoms with Crippen LogP contribution < -0.4 is 10.6 Å². The Balaban J connectivity index is 1.73. The van der Waals surface area contributed by atoms with E-state index < -0.39 is 6.09 Å². The fourth-order valence-electron chi connectivity index (χ4n) is 1.88. The molecule has 2 rings (SSSR count). The smallest absolute Gasteiger partial charge is 0.412 e. The summed E-state index contributed by atoms with van der Waals surface area (Å²) in [5.74, 6) is 0.0414. The van der Waals surface area contributed by atoms with Crippen molar-refractivity contribution in [1.82, 2.24) is 20.3 Å². The molecule has 23 heavy (non-hydrogen) atoms. The number of ether oxygens (including phenoxy) is 1. The highest BCUT2D eigenvalue weighted by atomic mass is 16.5. The molecule has 2 N–H and O–H groups in total. The van der Waals surface area contributed by atoms with Crippen LogP contribution in [0.1, 0.15) is 12.5 Å². The number of amides is 2. The zero-order valence-corrected chi connectivity index (χ0v) is 12.9. The minimum atomic E-state index is -0.605. The van der Waals surface area contributed by atoms with Crippen LogP contribution in [0.4, 0.5) is 10.6 Å². The van der Waals surface area contributed by atoms with Crippen LogP contribution in [0.3, 0.4) is 0 Å². The van der Waals surface area contributed by atoms with Gasteiger partial charge in [0.15, 0.2) is 5.82 Å². The van der Waals surface area contributed by atoms with Crippen molar-refractivity contribution in [3.8, 4) is 0 Å². The molecule has 1 heterocycles. The highest BCUT2D eigenvalue weighted by molar-refractivity contribution is 5.83. The molecule has 0 aliphatic rings. The number of rotatable bonds is 7. The maximum absolute atomic E-state index is 11.8. The molecular weight excluding hydrogens is 298 g/mol. The number of hydrogen-bond donors (Lipinski definition) is 2. The van der Waals surface area contributed by atoms with E-state index in [2.05, 4.69) is 20.8 Å². The Labute approximate surface area is 133 Å². The lowest BCUT2D eigenvalue weighted by Gasteiger charge is -2.05. The lowest BCUT2D eigenvalue weighted by molar-refractivity contribution is -0.122. The van der Waals surface area contributed by atoms with Gasteiger partial charge in [-0.1, -0.05) is 30.3 Å². The first kappa shape index (κ1) is 16.5. The minimum absolute atomic E-state index is 0.0146. The van der Waals surface area contributed by atoms with Gasteiger partial charge in [-0.25, -0.2) is 4.79 Å². The molecule has 8 nitrogen and oxygen atoms in total. The van der Waals surface area contributed by atoms with E-state index in [1.54, 1.807) is 6.92 Å². The number of aromatic nitrogens is 3. The summed E-state index contributed by atoms with van der Waals surface area (Å²) in [6.45, 7) is 2.50. The molecule has 1 aromatic heterocycles. The molecule has 8 heteroatoms. The number of anilines is 1. The number of nitrogens with zero attached hydrogens (tertiary/aromatic N) is 3. The van der Waals surface area contributed by atoms with Crippen LogP contribution in [-0.2, 0) is 22.5 Å². The summed E-state index contributed by atoms with van der Waals surface area (Å²) in [5.41, 5.74) is 1.16. The monoisotopic (exact) mass is 317 g/mol. The van der Waals surface area contributed by atoms with Gasteiger partial charge in [-0.15, -0.1) is 5.10 Å². The van der Waals surface area contributed by atoms with E-state index in [4.69, 9.17) is 4.74 Å². The SMILES string of the molecule is CCOC(=O)Nc1cnn(CC(=O)NCCc2ccccc2)n1. The second kappa shape index (κ2) is 8.52. The first-order chi connectivity index (χ1) is 11.2. The molecule has 0 saturated carbocycles. The van der Waals surface area contributed by atoms with Crippen LogP contribution in [0.5, 0.6) is 0 Å². The molecule has 0 unspecified atom stereocenters. The van der Waals surface area contributed by atoms with Crippen molar-refractivity contribution in [1.29, 1.82) is 0 Å². The summed E-state index contributed by atoms with van der Waals surface area (Å²) in [4.78, 5) is 24.3. The van der Waals surface area contributed by atoms with Crippen LogP contribution >= 0.6 is 0 Å². The molecule has 2 amide bonds. The maximum atomic E-state index is 11.8. The van der Waals surface area contributed by atoms with Crippen molar-refractivity contribution in [3.05, 3.63) is 42.1 Å². The number of carbonyl (C=O) groups is 2. The molecule has 0 aliphatic carbocycles. The Hall–Kier alpha value is -2.90. The van der Waals surface area contributed by atoms with Crippen LogP contribution in [0, 0.1) is 0 Å². The van der Waals surface area contributed by atoms with Crippen LogP contribution in [-0.4, -0.2) is 40.1 Å². The lowest BCUT2D eigenvalue weighted by atomic mass is 10.1. The van der Waals surface area contributed by atoms with Crippen molar-refractivity contribution in [2.75, 3.05) is 18.5 Å². The van der Waals surface area contributed by atoms with E-state index in [1.807, 2.05) is 30.3 Å². The lowest BCUT2D eigenvalue weighted by Crippen LogP contribution is -2.30. The highest BCUT2D eigenvalue weighted by Crippen LogP contribution is 2.00. The molecule has 0 spiro atoms. The zero-order valence-electron chi connectivity index (χ0n) is 12.9. The third-order valence-electron chi connectivity index (χ3n) is 2.91. The topological polar surface area (TPSA) is 98.1 Å². The molecule has 2 aromatic rings. The molecule has 0 radical (unpaired) electrons. The van der Waals surface area contributed by atoms with Gasteiger partial charge >= 0.3 is 6.09 Å². The molecule has 1 aromatic carbocycles. The predicted octanol–water partition coefficient (Wildman–Crippen LogP) is 1.21. The average molecular weight is 317 g/mol. The summed E-state index contributed by atoms with van der Waals surface area (Å²) in [6.07, 6.45) is 1.51. The maximum Gasteiger partial charge on any atom is 0.412 e. The highest BCUT2D eigenvalue weighted by Gasteiger charge is 2.08. The molecule has 0 fully saturated rings. The van der Waals surface area contributed by atoms with E-state index in [0.29, 0.717) is 6.54 Å². The summed E-state index contributed by atoms with van der Waals surface area (Å²) in [5, 5.41) is 13.1. The number of nitrogens with one attached hydrogen (secondary N) is 2. The van der Waals surface area contributed by atoms with Crippen molar-refractivity contribution in [3.63, 3.8) is 0 Å². The minimum Gasteiger partial charge on any atom is -0.450 e. The summed E-state index contributed by atoms with van der Waals surface area (Å²) < 4.78 is 4.72. The molecule has 0 aliphatic heterocycles. The third kappa shape index (κ3) is 5.77. The molecule has 0 bridgehead atoms. The second-order valence-electron chi connectivity index (χ2n) is 4.69. The number of carbonyl (C=O) groups excluding carboxylic acids is 2. The van der Waals surface area contributed by atoms with Gasteiger partial charge in [0.1, 0.15) is 6.54 Å². The number of hydrogen-bond acceptors (Lipinski definition) is 5. The molecule has 0 saturated heterocycles. The largest absolute Gasteiger partial charge is 0.450 e. The van der Waals surface area contributed by atoms with Gasteiger partial charge in [-0.2, -0.15) is 9.90 Å². The van der Waals surface area contributed by atoms with Gasteiger partial charge in [-0.3, -0.25) is 10.1 Å². The molecule has 0 atom stereocenters. The van der Waals surface area contributed by atoms with Gasteiger partial charge in [0.25, 0.3) is 0 Å². The van der Waals surface area contributed by atoms with Gasteiger partial charge in [0, 0.05) is 6.54 Å². The first-order valence-electron chi connectivity index (χ1n) is 7.32. The van der Waals surface area contributed by atoms with Crippen molar-refractivity contribution in [2.24, 2.45) is 0 Å². The Morgan fingerprint density at radius 2 is 2.04 bits per heavy atom. The molecule has 122 valence electrons. The summed E-state index contributed by atoms with van der Waals surface area (Å²) >= 11 is 0. The van der Waals surface area contributed by atoms with Crippen molar-refractivity contribution in [2.45, 2.75) is 19.9 Å². The van der Waals surface area contributed by atoms with E-state index in [9.17, 15) is 9.59 Å². The average Bonchev–Trinajstić information content (AvgIpc) is 2.95. The Kier molecular flexibility index (Phi) is 6.10. The van der Waals surface area contributed by atoms with E-state index in [1.165, 1.54) is 11.0 Å². The standard InChI is InChI=1S/C15H19N5O3/c1-2-23-15(22)18-13-10-17-20(19-13)11-14(21)16-9-8-12-6-4-3-5-7-12/h3-7,10H,2,8-9,11H2,1H3,(H,16,21)(H,18,19,22). The Bertz CT molecular complexity index is 642. The second-order valence-corrected chi connectivity index (χ2v) is 4.69. The van der Waals surface area contributed by atoms with Crippen molar-refractivity contribution < 1.29 is 14.3 Å². The van der Waals surface area contributed by atoms with Gasteiger partial charge in [0.05, 0.1) is 12.8 Å². The van der Waals surface area contributed by atoms with E-state index in [0.717, 1.165) is 12.0 Å². The Morgan fingerprint density at radius 3 is 2.78 bits per heavy atom. The quantitative estimate of drug-likeness (QED) is 0.799. The molecular formula is C15H19N5O3. The Morgan fingerprint density at radius 1 is 1.26 bits per heavy atom. The van der Waals surface area contributed by atoms with Crippen LogP contribution in [0.25, 0.3) is 0 Å². The van der Waals surface area contributed by atoms with Crippen molar-refractivity contribution >= 4 is 17.8 Å². The van der Waals surface area contributed by atoms with Gasteiger partial charge < -0.3 is 10.1 Å². The number of benzene rings is 1. The predicted molar refractivity (Wildman–Crippen MR) is 83.8 cm³/mol.